The van der Waals surface area contributed by atoms with Crippen molar-refractivity contribution in [2.24, 2.45) is 0 Å². The van der Waals surface area contributed by atoms with Crippen LogP contribution in [-0.2, 0) is 28.6 Å². The molecule has 67 heavy (non-hydrogen) atoms. The van der Waals surface area contributed by atoms with Crippen molar-refractivity contribution in [1.29, 1.82) is 0 Å². The molecule has 0 saturated heterocycles. The lowest BCUT2D eigenvalue weighted by atomic mass is 10.0. The molecule has 0 aromatic rings. The molecule has 0 N–H and O–H groups in total. The molecule has 0 amide bonds. The van der Waals surface area contributed by atoms with E-state index >= 15 is 0 Å². The lowest BCUT2D eigenvalue weighted by molar-refractivity contribution is -0.167. The van der Waals surface area contributed by atoms with Crippen molar-refractivity contribution in [3.63, 3.8) is 0 Å². The van der Waals surface area contributed by atoms with Gasteiger partial charge in [0.1, 0.15) is 13.2 Å². The fourth-order valence-electron chi connectivity index (χ4n) is 8.65. The molecule has 0 aliphatic rings. The van der Waals surface area contributed by atoms with Gasteiger partial charge in [-0.05, 0) is 77.0 Å². The van der Waals surface area contributed by atoms with Crippen molar-refractivity contribution in [3.8, 4) is 0 Å². The molecule has 0 aromatic carbocycles. The van der Waals surface area contributed by atoms with Gasteiger partial charge in [0.05, 0.1) is 0 Å². The average molecular weight is 942 g/mol. The summed E-state index contributed by atoms with van der Waals surface area (Å²) < 4.78 is 16.7. The summed E-state index contributed by atoms with van der Waals surface area (Å²) in [6.45, 7) is 6.58. The molecule has 0 rings (SSSR count). The predicted octanol–water partition coefficient (Wildman–Crippen LogP) is 19.7. The summed E-state index contributed by atoms with van der Waals surface area (Å²) in [5, 5.41) is 0. The molecule has 0 saturated carbocycles. The Morgan fingerprint density at radius 3 is 0.836 bits per heavy atom. The highest BCUT2D eigenvalue weighted by atomic mass is 16.6. The molecule has 6 heteroatoms. The van der Waals surface area contributed by atoms with Gasteiger partial charge in [-0.25, -0.2) is 0 Å². The average Bonchev–Trinajstić information content (AvgIpc) is 3.33. The molecule has 0 spiro atoms. The highest BCUT2D eigenvalue weighted by molar-refractivity contribution is 5.71. The minimum absolute atomic E-state index is 0.0721. The number of carbonyl (C=O) groups is 3. The Morgan fingerprint density at radius 1 is 0.299 bits per heavy atom. The first-order valence-electron chi connectivity index (χ1n) is 29.5. The van der Waals surface area contributed by atoms with E-state index in [2.05, 4.69) is 57.2 Å². The maximum absolute atomic E-state index is 12.8. The summed E-state index contributed by atoms with van der Waals surface area (Å²) in [5.74, 6) is -0.877. The molecule has 1 atom stereocenters. The van der Waals surface area contributed by atoms with Gasteiger partial charge in [-0.15, -0.1) is 0 Å². The largest absolute Gasteiger partial charge is 0.462 e. The van der Waals surface area contributed by atoms with E-state index < -0.39 is 6.10 Å². The van der Waals surface area contributed by atoms with Crippen LogP contribution in [0.1, 0.15) is 316 Å². The fraction of sp³-hybridized carbons (Fsp3) is 0.852. The number of allylic oxidation sites excluding steroid dienone is 6. The minimum Gasteiger partial charge on any atom is -0.462 e. The van der Waals surface area contributed by atoms with Crippen molar-refractivity contribution in [2.75, 3.05) is 13.2 Å². The Balaban J connectivity index is 4.06. The molecule has 1 unspecified atom stereocenters. The monoisotopic (exact) mass is 941 g/mol. The van der Waals surface area contributed by atoms with Crippen LogP contribution in [0, 0.1) is 0 Å². The second kappa shape index (κ2) is 56.2. The van der Waals surface area contributed by atoms with Crippen LogP contribution in [0.3, 0.4) is 0 Å². The third kappa shape index (κ3) is 54.4. The Kier molecular flexibility index (Phi) is 54.2. The number of unbranched alkanes of at least 4 members (excludes halogenated alkanes) is 37. The normalized spacial score (nSPS) is 12.2. The molecule has 0 radical (unpaired) electrons. The van der Waals surface area contributed by atoms with Crippen LogP contribution < -0.4 is 0 Å². The summed E-state index contributed by atoms with van der Waals surface area (Å²) in [5.41, 5.74) is 0. The van der Waals surface area contributed by atoms with Crippen LogP contribution in [0.4, 0.5) is 0 Å². The first-order chi connectivity index (χ1) is 33.0. The van der Waals surface area contributed by atoms with Crippen molar-refractivity contribution in [2.45, 2.75) is 322 Å². The molecule has 0 heterocycles. The predicted molar refractivity (Wildman–Crippen MR) is 289 cm³/mol. The van der Waals surface area contributed by atoms with Gasteiger partial charge in [-0.1, -0.05) is 256 Å². The van der Waals surface area contributed by atoms with Gasteiger partial charge in [0.25, 0.3) is 0 Å². The maximum Gasteiger partial charge on any atom is 0.306 e. The van der Waals surface area contributed by atoms with Gasteiger partial charge in [-0.3, -0.25) is 14.4 Å². The fourth-order valence-corrected chi connectivity index (χ4v) is 8.65. The SMILES string of the molecule is CCCCCCC/C=C\C/C=C\CCCCCCCCCCCC(=O)OC(COC(=O)CCCCCCC)COC(=O)CCCCCCCCCCCCC/C=C\CCCCCCCCCC. The third-order valence-corrected chi connectivity index (χ3v) is 13.1. The van der Waals surface area contributed by atoms with Crippen LogP contribution in [0.25, 0.3) is 0 Å². The van der Waals surface area contributed by atoms with Crippen molar-refractivity contribution < 1.29 is 28.6 Å². The van der Waals surface area contributed by atoms with Gasteiger partial charge in [0, 0.05) is 19.3 Å². The molecule has 0 aliphatic heterocycles. The van der Waals surface area contributed by atoms with Gasteiger partial charge >= 0.3 is 17.9 Å². The van der Waals surface area contributed by atoms with E-state index in [9.17, 15) is 14.4 Å². The molecular weight excluding hydrogens is 829 g/mol. The van der Waals surface area contributed by atoms with Crippen LogP contribution in [-0.4, -0.2) is 37.2 Å². The minimum atomic E-state index is -0.770. The van der Waals surface area contributed by atoms with E-state index in [1.165, 1.54) is 205 Å². The van der Waals surface area contributed by atoms with E-state index in [0.29, 0.717) is 19.3 Å². The number of hydrogen-bond donors (Lipinski definition) is 0. The van der Waals surface area contributed by atoms with E-state index in [1.54, 1.807) is 0 Å². The first kappa shape index (κ1) is 64.6. The topological polar surface area (TPSA) is 78.9 Å². The number of esters is 3. The first-order valence-corrected chi connectivity index (χ1v) is 29.5. The van der Waals surface area contributed by atoms with Crippen LogP contribution >= 0.6 is 0 Å². The van der Waals surface area contributed by atoms with Crippen molar-refractivity contribution >= 4 is 17.9 Å². The van der Waals surface area contributed by atoms with Gasteiger partial charge < -0.3 is 14.2 Å². The quantitative estimate of drug-likeness (QED) is 0.0262. The summed E-state index contributed by atoms with van der Waals surface area (Å²) in [6, 6.07) is 0. The van der Waals surface area contributed by atoms with Gasteiger partial charge in [-0.2, -0.15) is 0 Å². The van der Waals surface area contributed by atoms with Crippen LogP contribution in [0.2, 0.25) is 0 Å². The molecule has 392 valence electrons. The summed E-state index contributed by atoms with van der Waals surface area (Å²) in [6.07, 6.45) is 67.6. The Bertz CT molecular complexity index is 1130. The van der Waals surface area contributed by atoms with Gasteiger partial charge in [0.2, 0.25) is 0 Å². The smallest absolute Gasteiger partial charge is 0.306 e. The summed E-state index contributed by atoms with van der Waals surface area (Å²) >= 11 is 0. The number of ether oxygens (including phenoxy) is 3. The molecule has 0 fully saturated rings. The summed E-state index contributed by atoms with van der Waals surface area (Å²) in [7, 11) is 0. The Hall–Kier alpha value is -2.37. The second-order valence-corrected chi connectivity index (χ2v) is 19.9. The Labute approximate surface area is 416 Å². The zero-order valence-electron chi connectivity index (χ0n) is 44.9. The zero-order valence-corrected chi connectivity index (χ0v) is 44.9. The molecule has 0 aromatic heterocycles. The van der Waals surface area contributed by atoms with Crippen molar-refractivity contribution in [3.05, 3.63) is 36.5 Å². The summed E-state index contributed by atoms with van der Waals surface area (Å²) in [4.78, 5) is 37.8. The second-order valence-electron chi connectivity index (χ2n) is 19.9. The van der Waals surface area contributed by atoms with E-state index in [1.807, 2.05) is 0 Å². The van der Waals surface area contributed by atoms with E-state index in [-0.39, 0.29) is 31.1 Å². The lowest BCUT2D eigenvalue weighted by Crippen LogP contribution is -2.30. The van der Waals surface area contributed by atoms with E-state index in [4.69, 9.17) is 14.2 Å². The van der Waals surface area contributed by atoms with E-state index in [0.717, 1.165) is 70.6 Å². The number of hydrogen-bond acceptors (Lipinski definition) is 6. The molecule has 0 bridgehead atoms. The number of rotatable bonds is 54. The molecular formula is C61H112O6. The van der Waals surface area contributed by atoms with Crippen LogP contribution in [0.5, 0.6) is 0 Å². The Morgan fingerprint density at radius 2 is 0.537 bits per heavy atom. The zero-order chi connectivity index (χ0) is 48.6. The molecule has 0 aliphatic carbocycles. The molecule has 6 nitrogen and oxygen atoms in total. The third-order valence-electron chi connectivity index (χ3n) is 13.1. The van der Waals surface area contributed by atoms with Crippen molar-refractivity contribution in [1.82, 2.24) is 0 Å². The highest BCUT2D eigenvalue weighted by Gasteiger charge is 2.19. The highest BCUT2D eigenvalue weighted by Crippen LogP contribution is 2.16. The van der Waals surface area contributed by atoms with Crippen LogP contribution in [0.15, 0.2) is 36.5 Å². The lowest BCUT2D eigenvalue weighted by Gasteiger charge is -2.18. The number of carbonyl (C=O) groups excluding carboxylic acids is 3. The standard InChI is InChI=1S/C61H112O6/c1-4-7-10-13-15-17-19-21-23-25-27-29-30-32-33-35-37-39-41-43-45-48-51-54-60(63)66-57-58(56-65-59(62)53-50-47-12-9-6-3)67-61(64)55-52-49-46-44-42-40-38-36-34-31-28-26-24-22-20-18-16-14-11-8-5-2/h20,22,25-28,58H,4-19,21,23-24,29-57H2,1-3H3/b22-20-,27-25-,28-26-. The van der Waals surface area contributed by atoms with Gasteiger partial charge in [0.15, 0.2) is 6.10 Å². The maximum atomic E-state index is 12.8.